The van der Waals surface area contributed by atoms with Gasteiger partial charge < -0.3 is 25.2 Å². The molecule has 230 valence electrons. The van der Waals surface area contributed by atoms with Gasteiger partial charge in [0.15, 0.2) is 5.82 Å². The van der Waals surface area contributed by atoms with Crippen molar-refractivity contribution >= 4 is 33.1 Å². The molecule has 2 aromatic carbocycles. The molecular formula is C31H41N7O4S. The number of sulfonamides is 1. The lowest BCUT2D eigenvalue weighted by Crippen LogP contribution is -2.45. The number of aromatic nitrogens is 2. The predicted molar refractivity (Wildman–Crippen MR) is 167 cm³/mol. The third kappa shape index (κ3) is 6.14. The predicted octanol–water partition coefficient (Wildman–Crippen LogP) is 3.49. The van der Waals surface area contributed by atoms with Crippen LogP contribution >= 0.6 is 0 Å². The fourth-order valence-electron chi connectivity index (χ4n) is 6.19. The number of carbonyl (C=O) groups is 1. The van der Waals surface area contributed by atoms with Crippen LogP contribution in [0, 0.1) is 0 Å². The summed E-state index contributed by atoms with van der Waals surface area (Å²) >= 11 is 0. The molecular weight excluding hydrogens is 566 g/mol. The first-order valence-corrected chi connectivity index (χ1v) is 16.4. The minimum absolute atomic E-state index is 0.109. The van der Waals surface area contributed by atoms with Crippen LogP contribution in [0.5, 0.6) is 0 Å². The highest BCUT2D eigenvalue weighted by Crippen LogP contribution is 2.38. The van der Waals surface area contributed by atoms with Gasteiger partial charge in [-0.25, -0.2) is 8.42 Å². The largest absolute Gasteiger partial charge is 0.381 e. The smallest absolute Gasteiger partial charge is 0.258 e. The number of piperazine rings is 1. The molecule has 3 N–H and O–H groups in total. The summed E-state index contributed by atoms with van der Waals surface area (Å²) in [6, 6.07) is 14.6. The zero-order valence-electron chi connectivity index (χ0n) is 25.1. The normalized spacial score (nSPS) is 20.0. The number of nitrogens with one attached hydrogen (secondary N) is 3. The van der Waals surface area contributed by atoms with Crippen LogP contribution in [0.4, 0.5) is 17.2 Å². The Hall–Kier alpha value is -3.45. The van der Waals surface area contributed by atoms with Gasteiger partial charge in [-0.3, -0.25) is 9.89 Å². The molecule has 43 heavy (non-hydrogen) atoms. The summed E-state index contributed by atoms with van der Waals surface area (Å²) in [5.41, 5.74) is 3.35. The number of hydrogen-bond acceptors (Lipinski definition) is 8. The number of carbonyl (C=O) groups excluding carboxylic acids is 1. The van der Waals surface area contributed by atoms with Crippen LogP contribution in [0.2, 0.25) is 0 Å². The average molecular weight is 608 g/mol. The summed E-state index contributed by atoms with van der Waals surface area (Å²) < 4.78 is 34.1. The maximum Gasteiger partial charge on any atom is 0.258 e. The number of likely N-dealkylation sites (N-methyl/N-ethyl adjacent to an activating group) is 1. The summed E-state index contributed by atoms with van der Waals surface area (Å²) in [5, 5.41) is 14.2. The van der Waals surface area contributed by atoms with E-state index in [-0.39, 0.29) is 23.4 Å². The van der Waals surface area contributed by atoms with Crippen LogP contribution in [0.15, 0.2) is 53.4 Å². The Balaban J connectivity index is 1.28. The van der Waals surface area contributed by atoms with Crippen molar-refractivity contribution in [1.82, 2.24) is 19.4 Å². The van der Waals surface area contributed by atoms with E-state index in [4.69, 9.17) is 4.74 Å². The maximum absolute atomic E-state index is 13.9. The Morgan fingerprint density at radius 1 is 1.05 bits per heavy atom. The second-order valence-electron chi connectivity index (χ2n) is 12.4. The Labute approximate surface area is 253 Å². The van der Waals surface area contributed by atoms with Crippen molar-refractivity contribution in [2.75, 3.05) is 68.5 Å². The SMILES string of the molecule is CN1CCN(c2ccc(C(=O)Nc3n[nH]c4c3CN(S(=O)(=O)c3ccccc3)CC4(C)C)c(NC3CCOCC3)c2)CC1. The summed E-state index contributed by atoms with van der Waals surface area (Å²) in [6.45, 7) is 9.57. The third-order valence-corrected chi connectivity index (χ3v) is 10.6. The molecule has 3 aliphatic heterocycles. The van der Waals surface area contributed by atoms with Gasteiger partial charge in [0.25, 0.3) is 5.91 Å². The molecule has 3 aliphatic rings. The standard InChI is InChI=1S/C31H41N7O4S/c1-31(2)21-38(43(40,41)24-7-5-4-6-8-24)20-26-28(31)34-35-29(26)33-30(39)25-10-9-23(37-15-13-36(3)14-16-37)19-27(25)32-22-11-17-42-18-12-22/h4-10,19,22,32H,11-18,20-21H2,1-3H3,(H2,33,34,35,39). The lowest BCUT2D eigenvalue weighted by atomic mass is 9.84. The monoisotopic (exact) mass is 607 g/mol. The van der Waals surface area contributed by atoms with E-state index in [0.717, 1.165) is 56.1 Å². The van der Waals surface area contributed by atoms with Crippen molar-refractivity contribution < 1.29 is 17.9 Å². The van der Waals surface area contributed by atoms with Crippen molar-refractivity contribution in [3.63, 3.8) is 0 Å². The number of fused-ring (bicyclic) bond motifs is 1. The zero-order valence-corrected chi connectivity index (χ0v) is 25.9. The van der Waals surface area contributed by atoms with Crippen LogP contribution in [0.3, 0.4) is 0 Å². The molecule has 0 bridgehead atoms. The summed E-state index contributed by atoms with van der Waals surface area (Å²) in [5.74, 6) is 0.0517. The van der Waals surface area contributed by atoms with E-state index in [1.165, 1.54) is 4.31 Å². The van der Waals surface area contributed by atoms with E-state index in [2.05, 4.69) is 43.7 Å². The second-order valence-corrected chi connectivity index (χ2v) is 14.3. The molecule has 3 aromatic rings. The van der Waals surface area contributed by atoms with E-state index in [9.17, 15) is 13.2 Å². The van der Waals surface area contributed by atoms with Gasteiger partial charge in [-0.1, -0.05) is 32.0 Å². The van der Waals surface area contributed by atoms with Crippen molar-refractivity contribution in [2.24, 2.45) is 0 Å². The highest BCUT2D eigenvalue weighted by Gasteiger charge is 2.41. The topological polar surface area (TPSA) is 123 Å². The summed E-state index contributed by atoms with van der Waals surface area (Å²) in [4.78, 5) is 18.8. The molecule has 1 amide bonds. The van der Waals surface area contributed by atoms with Crippen LogP contribution in [-0.4, -0.2) is 92.8 Å². The molecule has 0 spiro atoms. The molecule has 0 unspecified atom stereocenters. The molecule has 12 heteroatoms. The first-order valence-electron chi connectivity index (χ1n) is 15.0. The van der Waals surface area contributed by atoms with Crippen molar-refractivity contribution in [3.8, 4) is 0 Å². The molecule has 6 rings (SSSR count). The number of rotatable bonds is 7. The van der Waals surface area contributed by atoms with Gasteiger partial charge in [0.05, 0.1) is 10.5 Å². The van der Waals surface area contributed by atoms with Crippen LogP contribution in [0.25, 0.3) is 0 Å². The fourth-order valence-corrected chi connectivity index (χ4v) is 7.78. The number of amides is 1. The van der Waals surface area contributed by atoms with Gasteiger partial charge in [-0.2, -0.15) is 9.40 Å². The Bertz CT molecular complexity index is 1560. The van der Waals surface area contributed by atoms with E-state index < -0.39 is 15.4 Å². The molecule has 0 aliphatic carbocycles. The van der Waals surface area contributed by atoms with Crippen molar-refractivity contribution in [1.29, 1.82) is 0 Å². The third-order valence-electron chi connectivity index (χ3n) is 8.76. The molecule has 0 atom stereocenters. The van der Waals surface area contributed by atoms with Crippen LogP contribution in [-0.2, 0) is 26.7 Å². The first-order chi connectivity index (χ1) is 20.6. The number of H-pyrrole nitrogens is 1. The molecule has 11 nitrogen and oxygen atoms in total. The highest BCUT2D eigenvalue weighted by atomic mass is 32.2. The van der Waals surface area contributed by atoms with E-state index in [0.29, 0.717) is 36.7 Å². The quantitative estimate of drug-likeness (QED) is 0.373. The molecule has 2 fully saturated rings. The lowest BCUT2D eigenvalue weighted by molar-refractivity contribution is 0.0904. The van der Waals surface area contributed by atoms with Gasteiger partial charge in [0, 0.05) is 86.6 Å². The van der Waals surface area contributed by atoms with Gasteiger partial charge in [-0.15, -0.1) is 0 Å². The Kier molecular flexibility index (Phi) is 8.20. The summed E-state index contributed by atoms with van der Waals surface area (Å²) in [6.07, 6.45) is 1.74. The number of hydrogen-bond donors (Lipinski definition) is 3. The number of nitrogens with zero attached hydrogens (tertiary/aromatic N) is 4. The molecule has 0 saturated carbocycles. The van der Waals surface area contributed by atoms with Crippen molar-refractivity contribution in [2.45, 2.75) is 49.6 Å². The Morgan fingerprint density at radius 3 is 2.49 bits per heavy atom. The number of benzene rings is 2. The molecule has 2 saturated heterocycles. The van der Waals surface area contributed by atoms with Gasteiger partial charge >= 0.3 is 0 Å². The average Bonchev–Trinajstić information content (AvgIpc) is 3.41. The molecule has 0 radical (unpaired) electrons. The highest BCUT2D eigenvalue weighted by molar-refractivity contribution is 7.89. The molecule has 1 aromatic heterocycles. The lowest BCUT2D eigenvalue weighted by Gasteiger charge is -2.37. The van der Waals surface area contributed by atoms with Crippen LogP contribution < -0.4 is 15.5 Å². The zero-order chi connectivity index (χ0) is 30.2. The first kappa shape index (κ1) is 29.6. The summed E-state index contributed by atoms with van der Waals surface area (Å²) in [7, 11) is -1.61. The van der Waals surface area contributed by atoms with E-state index in [1.54, 1.807) is 30.3 Å². The van der Waals surface area contributed by atoms with Gasteiger partial charge in [0.1, 0.15) is 0 Å². The second kappa shape index (κ2) is 11.9. The van der Waals surface area contributed by atoms with E-state index >= 15 is 0 Å². The van der Waals surface area contributed by atoms with Gasteiger partial charge in [-0.05, 0) is 50.2 Å². The van der Waals surface area contributed by atoms with E-state index in [1.807, 2.05) is 26.0 Å². The molecule has 4 heterocycles. The van der Waals surface area contributed by atoms with Crippen molar-refractivity contribution in [3.05, 3.63) is 65.4 Å². The number of aromatic amines is 1. The minimum Gasteiger partial charge on any atom is -0.381 e. The number of anilines is 3. The number of ether oxygens (including phenoxy) is 1. The fraction of sp³-hybridized carbons (Fsp3) is 0.484. The van der Waals surface area contributed by atoms with Gasteiger partial charge in [0.2, 0.25) is 10.0 Å². The maximum atomic E-state index is 13.9. The Morgan fingerprint density at radius 2 is 1.77 bits per heavy atom. The minimum atomic E-state index is -3.74. The van der Waals surface area contributed by atoms with Crippen LogP contribution in [0.1, 0.15) is 48.3 Å².